The Morgan fingerprint density at radius 1 is 0.671 bits per heavy atom. The van der Waals surface area contributed by atoms with Crippen LogP contribution < -0.4 is 10.1 Å². The number of unbranched alkanes of at least 4 members (excludes halogenated alkanes) is 8. The lowest BCUT2D eigenvalue weighted by molar-refractivity contribution is -0.188. The van der Waals surface area contributed by atoms with E-state index in [1.807, 2.05) is 0 Å². The Kier molecular flexibility index (Phi) is 31.5. The van der Waals surface area contributed by atoms with Crippen molar-refractivity contribution >= 4 is 48.1 Å². The molecule has 0 saturated heterocycles. The van der Waals surface area contributed by atoms with Gasteiger partial charge < -0.3 is 57.8 Å². The quantitative estimate of drug-likeness (QED) is 0.0166. The number of amides is 1. The maximum atomic E-state index is 14.5. The fraction of sp³-hybridized carbons (Fsp3) is 0.640. The van der Waals surface area contributed by atoms with Gasteiger partial charge in [0.1, 0.15) is 24.2 Å². The third kappa shape index (κ3) is 28.2. The molecule has 0 fully saturated rings. The molecule has 0 radical (unpaired) electrons. The minimum absolute atomic E-state index is 0.111. The van der Waals surface area contributed by atoms with Gasteiger partial charge in [0.2, 0.25) is 26.3 Å². The van der Waals surface area contributed by atoms with Crippen molar-refractivity contribution < 1.29 is 90.8 Å². The van der Waals surface area contributed by atoms with E-state index < -0.39 is 105 Å². The summed E-state index contributed by atoms with van der Waals surface area (Å²) in [4.78, 5) is 104. The van der Waals surface area contributed by atoms with Crippen molar-refractivity contribution in [2.75, 3.05) is 27.0 Å². The predicted molar refractivity (Wildman–Crippen MR) is 250 cm³/mol. The first-order chi connectivity index (χ1) is 33.3. The van der Waals surface area contributed by atoms with Crippen LogP contribution in [0.2, 0.25) is 0 Å². The number of hydrogen-bond donors (Lipinski definition) is 2. The molecule has 0 spiro atoms. The zero-order valence-corrected chi connectivity index (χ0v) is 41.9. The molecular weight excluding hydrogens is 919 g/mol. The van der Waals surface area contributed by atoms with Crippen molar-refractivity contribution in [1.29, 1.82) is 0 Å². The molecule has 70 heavy (non-hydrogen) atoms. The summed E-state index contributed by atoms with van der Waals surface area (Å²) < 4.78 is 49.8. The first kappa shape index (κ1) is 61.7. The maximum absolute atomic E-state index is 14.5. The monoisotopic (exact) mass is 991 g/mol. The van der Waals surface area contributed by atoms with Crippen LogP contribution in [0.25, 0.3) is 0 Å². The van der Waals surface area contributed by atoms with E-state index in [0.29, 0.717) is 43.4 Å². The summed E-state index contributed by atoms with van der Waals surface area (Å²) in [5.74, 6) is -1.28. The molecule has 20 heteroatoms. The summed E-state index contributed by atoms with van der Waals surface area (Å²) in [5, 5.41) is 14.7. The van der Waals surface area contributed by atoms with E-state index in [4.69, 9.17) is 47.4 Å². The van der Waals surface area contributed by atoms with Crippen molar-refractivity contribution in [2.45, 2.75) is 175 Å². The van der Waals surface area contributed by atoms with Crippen LogP contribution in [0.4, 0.5) is 14.4 Å². The van der Waals surface area contributed by atoms with E-state index in [9.17, 15) is 43.5 Å². The molecule has 3 atom stereocenters. The fourth-order valence-corrected chi connectivity index (χ4v) is 6.18. The van der Waals surface area contributed by atoms with Crippen LogP contribution in [0, 0.1) is 17.8 Å². The molecule has 0 aliphatic heterocycles. The zero-order chi connectivity index (χ0) is 52.3. The molecule has 2 N–H and O–H groups in total. The molecule has 0 heterocycles. The molecule has 1 aromatic rings. The predicted octanol–water partition coefficient (Wildman–Crippen LogP) is 7.87. The second-order valence-corrected chi connectivity index (χ2v) is 16.7. The van der Waals surface area contributed by atoms with Gasteiger partial charge in [0.25, 0.3) is 0 Å². The number of aliphatic hydroxyl groups is 1. The van der Waals surface area contributed by atoms with Gasteiger partial charge in [0.15, 0.2) is 5.60 Å². The van der Waals surface area contributed by atoms with Gasteiger partial charge in [-0.2, -0.15) is 0 Å². The molecule has 20 nitrogen and oxygen atoms in total. The minimum atomic E-state index is -3.17. The molecule has 0 saturated carbocycles. The Morgan fingerprint density at radius 3 is 1.71 bits per heavy atom. The highest BCUT2D eigenvalue weighted by Crippen LogP contribution is 2.28. The Bertz CT molecular complexity index is 1870. The number of ketones is 1. The molecule has 392 valence electrons. The SMILES string of the molecule is CC#CCOc1ccc(C[C@H](NC(=O)[C@@H](/C=C/CCCCCCC(=O)CCCCCCC)[C@@](O)(CC(=O)OCOC(=O)OC(C)C)C(=O)OCOC(=O)OC(C)C)C(=O)OCOC(=O)OC(C)C)cc1. The van der Waals surface area contributed by atoms with Crippen molar-refractivity contribution in [1.82, 2.24) is 5.32 Å². The maximum Gasteiger partial charge on any atom is 0.511 e. The molecule has 1 aromatic carbocycles. The largest absolute Gasteiger partial charge is 0.511 e. The summed E-state index contributed by atoms with van der Waals surface area (Å²) in [7, 11) is 0. The van der Waals surface area contributed by atoms with Crippen molar-refractivity contribution in [3.05, 3.63) is 42.0 Å². The van der Waals surface area contributed by atoms with Crippen molar-refractivity contribution in [3.8, 4) is 17.6 Å². The topological polar surface area (TPSA) is 261 Å². The lowest BCUT2D eigenvalue weighted by Crippen LogP contribution is -2.56. The lowest BCUT2D eigenvalue weighted by atomic mass is 9.82. The molecule has 0 aromatic heterocycles. The van der Waals surface area contributed by atoms with E-state index in [2.05, 4.69) is 24.1 Å². The number of benzene rings is 1. The van der Waals surface area contributed by atoms with Gasteiger partial charge in [0.05, 0.1) is 30.7 Å². The van der Waals surface area contributed by atoms with Gasteiger partial charge in [-0.1, -0.05) is 75.7 Å². The molecule has 0 bridgehead atoms. The highest BCUT2D eigenvalue weighted by molar-refractivity contribution is 5.95. The Balaban J connectivity index is 3.58. The second kappa shape index (κ2) is 35.7. The number of nitrogens with one attached hydrogen (secondary N) is 1. The fourth-order valence-electron chi connectivity index (χ4n) is 6.18. The number of ether oxygens (including phenoxy) is 10. The average molecular weight is 992 g/mol. The third-order valence-electron chi connectivity index (χ3n) is 9.62. The van der Waals surface area contributed by atoms with Crippen LogP contribution in [-0.2, 0) is 73.0 Å². The first-order valence-corrected chi connectivity index (χ1v) is 23.6. The summed E-state index contributed by atoms with van der Waals surface area (Å²) in [6.07, 6.45) is 4.93. The second-order valence-electron chi connectivity index (χ2n) is 16.7. The van der Waals surface area contributed by atoms with Crippen molar-refractivity contribution in [3.63, 3.8) is 0 Å². The van der Waals surface area contributed by atoms with E-state index in [1.54, 1.807) is 58.9 Å². The summed E-state index contributed by atoms with van der Waals surface area (Å²) in [5.41, 5.74) is -2.71. The van der Waals surface area contributed by atoms with Crippen LogP contribution in [0.5, 0.6) is 5.75 Å². The van der Waals surface area contributed by atoms with E-state index in [1.165, 1.54) is 19.9 Å². The number of hydrogen-bond acceptors (Lipinski definition) is 19. The normalized spacial score (nSPS) is 12.6. The van der Waals surface area contributed by atoms with Crippen LogP contribution in [0.1, 0.15) is 144 Å². The molecule has 1 rings (SSSR count). The smallest absolute Gasteiger partial charge is 0.481 e. The average Bonchev–Trinajstić information content (AvgIpc) is 3.27. The van der Waals surface area contributed by atoms with Crippen LogP contribution in [0.15, 0.2) is 36.4 Å². The standard InChI is InChI=1S/C50H73NO19/c1-9-11-13-16-19-22-39(52)23-20-17-14-15-18-21-24-41(50(60,46(56)64-34-67-49(59)70-37(7)8)31-43(53)62-32-65-47(57)68-35(3)4)44(54)51-42(45(55)63-33-66-48(58)69-36(5)6)30-38-25-27-40(28-26-38)61-29-12-10-2/h21,24-28,35-37,41-42,60H,9,11,13-20,22-23,29-34H2,1-8H3,(H,51,54)/b24-21+/t41-,42+,50+/m1/s1. The Morgan fingerprint density at radius 2 is 1.19 bits per heavy atom. The Labute approximate surface area is 411 Å². The molecule has 1 amide bonds. The van der Waals surface area contributed by atoms with E-state index >= 15 is 0 Å². The highest BCUT2D eigenvalue weighted by Gasteiger charge is 2.51. The van der Waals surface area contributed by atoms with Gasteiger partial charge in [-0.15, -0.1) is 5.92 Å². The van der Waals surface area contributed by atoms with Gasteiger partial charge in [-0.25, -0.2) is 24.0 Å². The molecule has 0 aliphatic carbocycles. The zero-order valence-electron chi connectivity index (χ0n) is 41.9. The lowest BCUT2D eigenvalue weighted by Gasteiger charge is -2.31. The number of rotatable bonds is 34. The molecule has 0 aliphatic rings. The number of carbonyl (C=O) groups excluding carboxylic acids is 8. The van der Waals surface area contributed by atoms with Gasteiger partial charge in [-0.3, -0.25) is 14.4 Å². The summed E-state index contributed by atoms with van der Waals surface area (Å²) in [6, 6.07) is 4.75. The van der Waals surface area contributed by atoms with Gasteiger partial charge in [-0.05, 0) is 91.8 Å². The van der Waals surface area contributed by atoms with Gasteiger partial charge >= 0.3 is 36.4 Å². The van der Waals surface area contributed by atoms with E-state index in [0.717, 1.165) is 44.6 Å². The number of esters is 3. The van der Waals surface area contributed by atoms with Crippen LogP contribution in [-0.4, -0.2) is 110 Å². The summed E-state index contributed by atoms with van der Waals surface area (Å²) >= 11 is 0. The third-order valence-corrected chi connectivity index (χ3v) is 9.62. The minimum Gasteiger partial charge on any atom is -0.481 e. The number of allylic oxidation sites excluding steroid dienone is 1. The van der Waals surface area contributed by atoms with Crippen molar-refractivity contribution in [2.24, 2.45) is 5.92 Å². The Hall–Kier alpha value is -6.36. The van der Waals surface area contributed by atoms with Gasteiger partial charge in [0, 0.05) is 19.3 Å². The summed E-state index contributed by atoms with van der Waals surface area (Å²) in [6.45, 7) is 10.1. The van der Waals surface area contributed by atoms with E-state index in [-0.39, 0.29) is 25.2 Å². The molecular formula is C50H73NO19. The molecule has 0 unspecified atom stereocenters. The highest BCUT2D eigenvalue weighted by atomic mass is 16.8. The number of carbonyl (C=O) groups is 8. The first-order valence-electron chi connectivity index (χ1n) is 23.6. The van der Waals surface area contributed by atoms with Crippen LogP contribution >= 0.6 is 0 Å². The number of Topliss-reactive ketones (excluding diaryl/α,β-unsaturated/α-hetero) is 1. The van der Waals surface area contributed by atoms with Crippen LogP contribution in [0.3, 0.4) is 0 Å².